The van der Waals surface area contributed by atoms with E-state index in [2.05, 4.69) is 10.6 Å². The molecule has 3 rings (SSSR count). The normalized spacial score (nSPS) is 18.6. The maximum Gasteiger partial charge on any atom is 0.251 e. The maximum atomic E-state index is 11.8. The molecule has 2 aliphatic rings. The quantitative estimate of drug-likeness (QED) is 0.785. The van der Waals surface area contributed by atoms with E-state index in [0.717, 1.165) is 25.7 Å². The third-order valence-electron chi connectivity index (χ3n) is 3.56. The summed E-state index contributed by atoms with van der Waals surface area (Å²) in [6, 6.07) is 7.22. The number of hydrogen-bond acceptors (Lipinski definition) is 3. The minimum absolute atomic E-state index is 0. The van der Waals surface area contributed by atoms with E-state index >= 15 is 0 Å². The summed E-state index contributed by atoms with van der Waals surface area (Å²) in [5, 5.41) is 5.69. The predicted molar refractivity (Wildman–Crippen MR) is 79.0 cm³/mol. The van der Waals surface area contributed by atoms with Crippen LogP contribution in [0.2, 0.25) is 0 Å². The lowest BCUT2D eigenvalue weighted by molar-refractivity contribution is -0.118. The lowest BCUT2D eigenvalue weighted by Gasteiger charge is -2.10. The number of halogens is 1. The highest BCUT2D eigenvalue weighted by Crippen LogP contribution is 2.33. The summed E-state index contributed by atoms with van der Waals surface area (Å²) in [5.74, 6) is -0.208. The highest BCUT2D eigenvalue weighted by molar-refractivity contribution is 6.00. The highest BCUT2D eigenvalue weighted by Gasteiger charge is 2.45. The van der Waals surface area contributed by atoms with E-state index in [-0.39, 0.29) is 24.2 Å². The van der Waals surface area contributed by atoms with Crippen LogP contribution < -0.4 is 16.4 Å². The molecule has 1 aromatic carbocycles. The number of carbonyl (C=O) groups excluding carboxylic acids is 2. The zero-order chi connectivity index (χ0) is 13.5. The molecule has 2 aliphatic carbocycles. The van der Waals surface area contributed by atoms with Gasteiger partial charge in [0.2, 0.25) is 5.91 Å². The van der Waals surface area contributed by atoms with Crippen molar-refractivity contribution < 1.29 is 9.59 Å². The molecule has 0 spiro atoms. The average molecular weight is 296 g/mol. The summed E-state index contributed by atoms with van der Waals surface area (Å²) in [7, 11) is 0. The molecule has 0 aromatic heterocycles. The number of nitrogens with two attached hydrogens (primary N) is 1. The van der Waals surface area contributed by atoms with Crippen LogP contribution in [0.4, 0.5) is 5.69 Å². The second kappa shape index (κ2) is 5.42. The topological polar surface area (TPSA) is 84.2 Å². The second-order valence-corrected chi connectivity index (χ2v) is 5.44. The van der Waals surface area contributed by atoms with E-state index in [1.165, 1.54) is 0 Å². The fraction of sp³-hybridized carbons (Fsp3) is 0.429. The van der Waals surface area contributed by atoms with E-state index in [1.54, 1.807) is 24.3 Å². The molecule has 0 heterocycles. The van der Waals surface area contributed by atoms with Gasteiger partial charge in [0, 0.05) is 17.3 Å². The van der Waals surface area contributed by atoms with Gasteiger partial charge in [0.05, 0.1) is 5.54 Å². The van der Waals surface area contributed by atoms with Crippen LogP contribution in [-0.2, 0) is 4.79 Å². The SMILES string of the molecule is Cl.NC1(C(=O)Nc2ccc(C(=O)NC3CC3)cc2)CC1. The molecule has 0 aliphatic heterocycles. The van der Waals surface area contributed by atoms with Crippen LogP contribution >= 0.6 is 12.4 Å². The van der Waals surface area contributed by atoms with Crippen LogP contribution in [-0.4, -0.2) is 23.4 Å². The number of rotatable bonds is 4. The smallest absolute Gasteiger partial charge is 0.251 e. The van der Waals surface area contributed by atoms with Gasteiger partial charge in [-0.2, -0.15) is 0 Å². The van der Waals surface area contributed by atoms with Crippen molar-refractivity contribution in [1.29, 1.82) is 0 Å². The van der Waals surface area contributed by atoms with Crippen molar-refractivity contribution >= 4 is 29.9 Å². The number of hydrogen-bond donors (Lipinski definition) is 3. The number of benzene rings is 1. The van der Waals surface area contributed by atoms with E-state index in [1.807, 2.05) is 0 Å². The fourth-order valence-electron chi connectivity index (χ4n) is 1.82. The van der Waals surface area contributed by atoms with Gasteiger partial charge in [-0.1, -0.05) is 0 Å². The molecule has 1 aromatic rings. The maximum absolute atomic E-state index is 11.8. The Labute approximate surface area is 123 Å². The van der Waals surface area contributed by atoms with Gasteiger partial charge in [0.25, 0.3) is 5.91 Å². The molecule has 4 N–H and O–H groups in total. The first-order valence-electron chi connectivity index (χ1n) is 6.58. The molecule has 2 fully saturated rings. The predicted octanol–water partition coefficient (Wildman–Crippen LogP) is 1.43. The molecule has 2 saturated carbocycles. The monoisotopic (exact) mass is 295 g/mol. The number of carbonyl (C=O) groups is 2. The molecule has 0 saturated heterocycles. The standard InChI is InChI=1S/C14H17N3O2.ClH/c15-14(7-8-14)13(19)17-11-3-1-9(2-4-11)12(18)16-10-5-6-10;/h1-4,10H,5-8,15H2,(H,16,18)(H,17,19);1H. The molecule has 20 heavy (non-hydrogen) atoms. The van der Waals surface area contributed by atoms with E-state index in [9.17, 15) is 9.59 Å². The van der Waals surface area contributed by atoms with Gasteiger partial charge in [-0.3, -0.25) is 9.59 Å². The minimum atomic E-state index is -0.679. The summed E-state index contributed by atoms with van der Waals surface area (Å²) in [6.07, 6.45) is 3.61. The van der Waals surface area contributed by atoms with Gasteiger partial charge < -0.3 is 16.4 Å². The Morgan fingerprint density at radius 1 is 1.15 bits per heavy atom. The van der Waals surface area contributed by atoms with Crippen LogP contribution in [0.3, 0.4) is 0 Å². The minimum Gasteiger partial charge on any atom is -0.349 e. The number of anilines is 1. The van der Waals surface area contributed by atoms with Crippen molar-refractivity contribution in [3.8, 4) is 0 Å². The van der Waals surface area contributed by atoms with Crippen LogP contribution in [0.25, 0.3) is 0 Å². The Bertz CT molecular complexity index is 522. The Morgan fingerprint density at radius 2 is 1.75 bits per heavy atom. The van der Waals surface area contributed by atoms with Crippen molar-refractivity contribution in [2.75, 3.05) is 5.32 Å². The number of amides is 2. The van der Waals surface area contributed by atoms with Gasteiger partial charge >= 0.3 is 0 Å². The van der Waals surface area contributed by atoms with Crippen molar-refractivity contribution in [1.82, 2.24) is 5.32 Å². The average Bonchev–Trinajstić information content (AvgIpc) is 3.29. The largest absolute Gasteiger partial charge is 0.349 e. The molecule has 2 amide bonds. The van der Waals surface area contributed by atoms with Gasteiger partial charge in [-0.15, -0.1) is 12.4 Å². The molecule has 108 valence electrons. The summed E-state index contributed by atoms with van der Waals surface area (Å²) < 4.78 is 0. The molecule has 0 unspecified atom stereocenters. The Morgan fingerprint density at radius 3 is 2.25 bits per heavy atom. The summed E-state index contributed by atoms with van der Waals surface area (Å²) >= 11 is 0. The van der Waals surface area contributed by atoms with Gasteiger partial charge in [0.1, 0.15) is 0 Å². The highest BCUT2D eigenvalue weighted by atomic mass is 35.5. The van der Waals surface area contributed by atoms with Gasteiger partial charge in [-0.25, -0.2) is 0 Å². The first-order chi connectivity index (χ1) is 9.07. The van der Waals surface area contributed by atoms with Crippen molar-refractivity contribution in [3.05, 3.63) is 29.8 Å². The molecular formula is C14H18ClN3O2. The molecule has 0 atom stereocenters. The van der Waals surface area contributed by atoms with Crippen LogP contribution in [0.15, 0.2) is 24.3 Å². The lowest BCUT2D eigenvalue weighted by atomic mass is 10.2. The fourth-order valence-corrected chi connectivity index (χ4v) is 1.82. The first-order valence-corrected chi connectivity index (χ1v) is 6.58. The van der Waals surface area contributed by atoms with Gasteiger partial charge in [-0.05, 0) is 49.9 Å². The van der Waals surface area contributed by atoms with Crippen molar-refractivity contribution in [2.24, 2.45) is 5.73 Å². The molecule has 0 bridgehead atoms. The van der Waals surface area contributed by atoms with E-state index in [0.29, 0.717) is 17.3 Å². The Balaban J connectivity index is 0.00000147. The molecular weight excluding hydrogens is 278 g/mol. The number of nitrogens with one attached hydrogen (secondary N) is 2. The van der Waals surface area contributed by atoms with Gasteiger partial charge in [0.15, 0.2) is 0 Å². The van der Waals surface area contributed by atoms with Crippen LogP contribution in [0, 0.1) is 0 Å². The molecule has 6 heteroatoms. The summed E-state index contributed by atoms with van der Waals surface area (Å²) in [5.41, 5.74) is 6.40. The Hall–Kier alpha value is -1.59. The zero-order valence-electron chi connectivity index (χ0n) is 11.0. The third kappa shape index (κ3) is 3.29. The third-order valence-corrected chi connectivity index (χ3v) is 3.56. The zero-order valence-corrected chi connectivity index (χ0v) is 11.8. The summed E-state index contributed by atoms with van der Waals surface area (Å²) in [4.78, 5) is 23.5. The van der Waals surface area contributed by atoms with E-state index in [4.69, 9.17) is 5.73 Å². The first kappa shape index (κ1) is 14.8. The van der Waals surface area contributed by atoms with Crippen LogP contribution in [0.5, 0.6) is 0 Å². The molecule has 5 nitrogen and oxygen atoms in total. The van der Waals surface area contributed by atoms with Crippen LogP contribution in [0.1, 0.15) is 36.0 Å². The van der Waals surface area contributed by atoms with Crippen molar-refractivity contribution in [2.45, 2.75) is 37.3 Å². The summed E-state index contributed by atoms with van der Waals surface area (Å²) in [6.45, 7) is 0. The second-order valence-electron chi connectivity index (χ2n) is 5.44. The lowest BCUT2D eigenvalue weighted by Crippen LogP contribution is -2.37. The van der Waals surface area contributed by atoms with E-state index < -0.39 is 5.54 Å². The van der Waals surface area contributed by atoms with Crippen molar-refractivity contribution in [3.63, 3.8) is 0 Å². The molecule has 0 radical (unpaired) electrons. The Kier molecular flexibility index (Phi) is 4.01.